The van der Waals surface area contributed by atoms with E-state index in [2.05, 4.69) is 17.0 Å². The molecule has 0 aromatic heterocycles. The smallest absolute Gasteiger partial charge is 0.243 e. The average Bonchev–Trinajstić information content (AvgIpc) is 2.44. The molecule has 0 saturated heterocycles. The molecule has 4 N–H and O–H groups in total. The lowest BCUT2D eigenvalue weighted by atomic mass is 10.3. The molecule has 118 valence electrons. The van der Waals surface area contributed by atoms with E-state index in [9.17, 15) is 13.2 Å². The Labute approximate surface area is 124 Å². The van der Waals surface area contributed by atoms with Gasteiger partial charge < -0.3 is 15.8 Å². The molecule has 0 saturated carbocycles. The fraction of sp³-hybridized carbons (Fsp3) is 0.462. The van der Waals surface area contributed by atoms with Crippen LogP contribution in [0.4, 0.5) is 5.69 Å². The summed E-state index contributed by atoms with van der Waals surface area (Å²) in [5.41, 5.74) is 5.77. The number of primary amides is 1. The van der Waals surface area contributed by atoms with Gasteiger partial charge in [-0.1, -0.05) is 6.92 Å². The van der Waals surface area contributed by atoms with Gasteiger partial charge in [0.2, 0.25) is 15.9 Å². The van der Waals surface area contributed by atoms with Crippen molar-refractivity contribution < 1.29 is 17.9 Å². The van der Waals surface area contributed by atoms with E-state index in [-0.39, 0.29) is 24.7 Å². The second-order valence-electron chi connectivity index (χ2n) is 4.37. The van der Waals surface area contributed by atoms with E-state index in [0.717, 1.165) is 18.7 Å². The molecule has 21 heavy (non-hydrogen) atoms. The third-order valence-electron chi connectivity index (χ3n) is 2.53. The molecule has 0 aliphatic heterocycles. The maximum atomic E-state index is 12.0. The number of hydrogen-bond donors (Lipinski definition) is 3. The molecule has 1 aromatic rings. The van der Waals surface area contributed by atoms with Crippen LogP contribution in [0.15, 0.2) is 29.2 Å². The largest absolute Gasteiger partial charge is 0.385 e. The minimum atomic E-state index is -3.57. The standard InChI is InChI=1S/C13H21N3O4S/c1-2-7-15-11-3-5-12(6-4-11)21(18,19)16-8-9-20-10-13(14)17/h3-6,15-16H,2,7-10H2,1H3,(H2,14,17). The fourth-order valence-electron chi connectivity index (χ4n) is 1.53. The molecule has 0 aliphatic carbocycles. The second-order valence-corrected chi connectivity index (χ2v) is 6.13. The summed E-state index contributed by atoms with van der Waals surface area (Å²) in [6, 6.07) is 6.50. The average molecular weight is 315 g/mol. The Hall–Kier alpha value is -1.64. The number of ether oxygens (including phenoxy) is 1. The first-order chi connectivity index (χ1) is 9.95. The van der Waals surface area contributed by atoms with Gasteiger partial charge in [0.15, 0.2) is 0 Å². The third kappa shape index (κ3) is 6.56. The predicted octanol–water partition coefficient (Wildman–Crippen LogP) is 0.289. The van der Waals surface area contributed by atoms with Crippen molar-refractivity contribution in [3.63, 3.8) is 0 Å². The van der Waals surface area contributed by atoms with Gasteiger partial charge in [0.05, 0.1) is 11.5 Å². The predicted molar refractivity (Wildman–Crippen MR) is 80.4 cm³/mol. The monoisotopic (exact) mass is 315 g/mol. The van der Waals surface area contributed by atoms with E-state index in [1.54, 1.807) is 12.1 Å². The summed E-state index contributed by atoms with van der Waals surface area (Å²) in [7, 11) is -3.57. The van der Waals surface area contributed by atoms with E-state index < -0.39 is 15.9 Å². The van der Waals surface area contributed by atoms with Gasteiger partial charge >= 0.3 is 0 Å². The summed E-state index contributed by atoms with van der Waals surface area (Å²) >= 11 is 0. The summed E-state index contributed by atoms with van der Waals surface area (Å²) in [5.74, 6) is -0.590. The van der Waals surface area contributed by atoms with Crippen LogP contribution in [-0.2, 0) is 19.6 Å². The Bertz CT molecular complexity index is 543. The Morgan fingerprint density at radius 3 is 2.48 bits per heavy atom. The van der Waals surface area contributed by atoms with Gasteiger partial charge in [0, 0.05) is 18.8 Å². The third-order valence-corrected chi connectivity index (χ3v) is 4.00. The van der Waals surface area contributed by atoms with E-state index >= 15 is 0 Å². The van der Waals surface area contributed by atoms with Gasteiger partial charge in [-0.2, -0.15) is 0 Å². The summed E-state index contributed by atoms with van der Waals surface area (Å²) in [4.78, 5) is 10.6. The van der Waals surface area contributed by atoms with Crippen molar-refractivity contribution >= 4 is 21.6 Å². The van der Waals surface area contributed by atoms with Crippen LogP contribution in [0.3, 0.4) is 0 Å². The summed E-state index contributed by atoms with van der Waals surface area (Å²) in [6.07, 6.45) is 0.993. The molecule has 1 rings (SSSR count). The topological polar surface area (TPSA) is 111 Å². The minimum Gasteiger partial charge on any atom is -0.385 e. The number of carbonyl (C=O) groups is 1. The normalized spacial score (nSPS) is 11.3. The van der Waals surface area contributed by atoms with Gasteiger partial charge in [0.25, 0.3) is 0 Å². The first-order valence-electron chi connectivity index (χ1n) is 6.65. The van der Waals surface area contributed by atoms with Crippen LogP contribution in [-0.4, -0.2) is 40.6 Å². The maximum Gasteiger partial charge on any atom is 0.243 e. The lowest BCUT2D eigenvalue weighted by molar-refractivity contribution is -0.122. The lowest BCUT2D eigenvalue weighted by Crippen LogP contribution is -2.29. The molecule has 0 fully saturated rings. The highest BCUT2D eigenvalue weighted by atomic mass is 32.2. The summed E-state index contributed by atoms with van der Waals surface area (Å²) in [5, 5.41) is 3.16. The van der Waals surface area contributed by atoms with Gasteiger partial charge in [-0.3, -0.25) is 4.79 Å². The molecule has 7 nitrogen and oxygen atoms in total. The van der Waals surface area contributed by atoms with Crippen LogP contribution < -0.4 is 15.8 Å². The molecule has 1 amide bonds. The van der Waals surface area contributed by atoms with Gasteiger partial charge in [-0.25, -0.2) is 13.1 Å². The highest BCUT2D eigenvalue weighted by Gasteiger charge is 2.12. The number of rotatable bonds is 10. The van der Waals surface area contributed by atoms with Crippen molar-refractivity contribution in [3.05, 3.63) is 24.3 Å². The quantitative estimate of drug-likeness (QED) is 0.537. The fourth-order valence-corrected chi connectivity index (χ4v) is 2.54. The number of nitrogens with one attached hydrogen (secondary N) is 2. The maximum absolute atomic E-state index is 12.0. The molecule has 8 heteroatoms. The zero-order chi connectivity index (χ0) is 15.7. The van der Waals surface area contributed by atoms with Crippen LogP contribution >= 0.6 is 0 Å². The zero-order valence-electron chi connectivity index (χ0n) is 12.0. The lowest BCUT2D eigenvalue weighted by Gasteiger charge is -2.08. The molecule has 1 aromatic carbocycles. The van der Waals surface area contributed by atoms with Gasteiger partial charge in [-0.15, -0.1) is 0 Å². The van der Waals surface area contributed by atoms with E-state index in [0.29, 0.717) is 0 Å². The summed E-state index contributed by atoms with van der Waals surface area (Å²) in [6.45, 7) is 2.82. The molecule has 0 aliphatic rings. The van der Waals surface area contributed by atoms with E-state index in [1.807, 2.05) is 0 Å². The van der Waals surface area contributed by atoms with Crippen molar-refractivity contribution in [3.8, 4) is 0 Å². The van der Waals surface area contributed by atoms with Crippen molar-refractivity contribution in [2.24, 2.45) is 5.73 Å². The number of amides is 1. The Morgan fingerprint density at radius 2 is 1.90 bits per heavy atom. The van der Waals surface area contributed by atoms with Gasteiger partial charge in [-0.05, 0) is 30.7 Å². The van der Waals surface area contributed by atoms with Crippen LogP contribution in [0.1, 0.15) is 13.3 Å². The SMILES string of the molecule is CCCNc1ccc(S(=O)(=O)NCCOCC(N)=O)cc1. The van der Waals surface area contributed by atoms with Crippen molar-refractivity contribution in [1.82, 2.24) is 4.72 Å². The molecule has 0 atom stereocenters. The number of carbonyl (C=O) groups excluding carboxylic acids is 1. The highest BCUT2D eigenvalue weighted by Crippen LogP contribution is 2.13. The van der Waals surface area contributed by atoms with E-state index in [4.69, 9.17) is 10.5 Å². The van der Waals surface area contributed by atoms with Crippen LogP contribution in [0.25, 0.3) is 0 Å². The molecule has 0 heterocycles. The molecule has 0 radical (unpaired) electrons. The first-order valence-corrected chi connectivity index (χ1v) is 8.13. The number of nitrogens with two attached hydrogens (primary N) is 1. The molecule has 0 unspecified atom stereocenters. The van der Waals surface area contributed by atoms with Crippen molar-refractivity contribution in [2.75, 3.05) is 31.6 Å². The second kappa shape index (κ2) is 8.60. The highest BCUT2D eigenvalue weighted by molar-refractivity contribution is 7.89. The van der Waals surface area contributed by atoms with Gasteiger partial charge in [0.1, 0.15) is 6.61 Å². The van der Waals surface area contributed by atoms with Crippen molar-refractivity contribution in [2.45, 2.75) is 18.2 Å². The Morgan fingerprint density at radius 1 is 1.24 bits per heavy atom. The Balaban J connectivity index is 2.48. The van der Waals surface area contributed by atoms with Crippen LogP contribution in [0.5, 0.6) is 0 Å². The number of sulfonamides is 1. The first kappa shape index (κ1) is 17.4. The van der Waals surface area contributed by atoms with Crippen LogP contribution in [0, 0.1) is 0 Å². The molecule has 0 spiro atoms. The minimum absolute atomic E-state index is 0.0749. The number of anilines is 1. The summed E-state index contributed by atoms with van der Waals surface area (Å²) < 4.78 is 31.2. The van der Waals surface area contributed by atoms with Crippen LogP contribution in [0.2, 0.25) is 0 Å². The van der Waals surface area contributed by atoms with Crippen molar-refractivity contribution in [1.29, 1.82) is 0 Å². The molecular formula is C13H21N3O4S. The molecular weight excluding hydrogens is 294 g/mol. The number of benzene rings is 1. The zero-order valence-corrected chi connectivity index (χ0v) is 12.8. The van der Waals surface area contributed by atoms with E-state index in [1.165, 1.54) is 12.1 Å². The molecule has 0 bridgehead atoms. The number of hydrogen-bond acceptors (Lipinski definition) is 5. The Kier molecular flexibility index (Phi) is 7.13.